The Bertz CT molecular complexity index is 613. The van der Waals surface area contributed by atoms with E-state index < -0.39 is 0 Å². The molecule has 3 rings (SSSR count). The molecule has 1 amide bonds. The summed E-state index contributed by atoms with van der Waals surface area (Å²) in [7, 11) is 0. The first-order chi connectivity index (χ1) is 10.7. The molecule has 22 heavy (non-hydrogen) atoms. The van der Waals surface area contributed by atoms with Gasteiger partial charge in [0.05, 0.1) is 24.9 Å². The van der Waals surface area contributed by atoms with E-state index in [9.17, 15) is 4.79 Å². The predicted octanol–water partition coefficient (Wildman–Crippen LogP) is 2.18. The van der Waals surface area contributed by atoms with Gasteiger partial charge in [-0.15, -0.1) is 11.3 Å². The maximum absolute atomic E-state index is 12.5. The van der Waals surface area contributed by atoms with Gasteiger partial charge in [0, 0.05) is 30.9 Å². The Kier molecular flexibility index (Phi) is 4.80. The highest BCUT2D eigenvalue weighted by molar-refractivity contribution is 7.11. The molecule has 2 aromatic rings. The second-order valence-electron chi connectivity index (χ2n) is 5.59. The lowest BCUT2D eigenvalue weighted by atomic mass is 10.0. The summed E-state index contributed by atoms with van der Waals surface area (Å²) < 4.78 is 5.67. The van der Waals surface area contributed by atoms with Crippen molar-refractivity contribution in [2.45, 2.75) is 13.3 Å². The van der Waals surface area contributed by atoms with Crippen molar-refractivity contribution in [2.24, 2.45) is 5.92 Å². The number of thiazole rings is 1. The molecular weight excluding hydrogens is 298 g/mol. The van der Waals surface area contributed by atoms with E-state index in [-0.39, 0.29) is 11.8 Å². The van der Waals surface area contributed by atoms with Gasteiger partial charge in [-0.25, -0.2) is 0 Å². The molecule has 0 saturated carbocycles. The summed E-state index contributed by atoms with van der Waals surface area (Å²) in [6, 6.07) is 4.12. The maximum atomic E-state index is 12.5. The number of amides is 1. The summed E-state index contributed by atoms with van der Waals surface area (Å²) in [4.78, 5) is 23.5. The Balaban J connectivity index is 1.67. The number of nitrogens with zero attached hydrogens (tertiary/aromatic N) is 3. The lowest BCUT2D eigenvalue weighted by Crippen LogP contribution is -2.36. The summed E-state index contributed by atoms with van der Waals surface area (Å²) in [5.74, 6) is 0.324. The molecule has 1 saturated heterocycles. The highest BCUT2D eigenvalue weighted by Gasteiger charge is 2.24. The molecular formula is C16H19N3O2S. The monoisotopic (exact) mass is 317 g/mol. The summed E-state index contributed by atoms with van der Waals surface area (Å²) in [6.07, 6.45) is 4.34. The highest BCUT2D eigenvalue weighted by Crippen LogP contribution is 2.16. The fourth-order valence-corrected chi connectivity index (χ4v) is 3.17. The topological polar surface area (TPSA) is 55.3 Å². The van der Waals surface area contributed by atoms with Crippen LogP contribution in [-0.2, 0) is 11.2 Å². The molecule has 0 spiro atoms. The van der Waals surface area contributed by atoms with Crippen LogP contribution in [0, 0.1) is 12.8 Å². The smallest absolute Gasteiger partial charge is 0.265 e. The van der Waals surface area contributed by atoms with Gasteiger partial charge in [-0.05, 0) is 25.0 Å². The fraction of sp³-hybridized carbons (Fsp3) is 0.438. The quantitative estimate of drug-likeness (QED) is 0.871. The number of aryl methyl sites for hydroxylation is 1. The van der Waals surface area contributed by atoms with Crippen molar-refractivity contribution in [3.8, 4) is 0 Å². The Morgan fingerprint density at radius 2 is 2.36 bits per heavy atom. The normalized spacial score (nSPS) is 19.0. The largest absolute Gasteiger partial charge is 0.379 e. The molecule has 0 radical (unpaired) electrons. The van der Waals surface area contributed by atoms with Crippen LogP contribution in [0.15, 0.2) is 30.0 Å². The predicted molar refractivity (Wildman–Crippen MR) is 85.0 cm³/mol. The Morgan fingerprint density at radius 3 is 3.09 bits per heavy atom. The minimum atomic E-state index is 0.0508. The first-order valence-electron chi connectivity index (χ1n) is 7.39. The van der Waals surface area contributed by atoms with Crippen LogP contribution in [0.1, 0.15) is 20.9 Å². The van der Waals surface area contributed by atoms with Gasteiger partial charge in [-0.1, -0.05) is 6.07 Å². The SMILES string of the molecule is Cc1ccc(CC2COCCN(C(=O)c3cncs3)C2)nc1. The molecule has 3 heterocycles. The molecule has 1 aliphatic heterocycles. The number of carbonyl (C=O) groups is 1. The number of ether oxygens (including phenoxy) is 1. The van der Waals surface area contributed by atoms with E-state index in [2.05, 4.69) is 22.1 Å². The van der Waals surface area contributed by atoms with Crippen LogP contribution in [0.4, 0.5) is 0 Å². The van der Waals surface area contributed by atoms with Crippen molar-refractivity contribution in [1.29, 1.82) is 0 Å². The van der Waals surface area contributed by atoms with Gasteiger partial charge in [-0.3, -0.25) is 14.8 Å². The number of rotatable bonds is 3. The van der Waals surface area contributed by atoms with E-state index >= 15 is 0 Å². The lowest BCUT2D eigenvalue weighted by Gasteiger charge is -2.22. The molecule has 2 aromatic heterocycles. The first-order valence-corrected chi connectivity index (χ1v) is 8.27. The van der Waals surface area contributed by atoms with E-state index in [4.69, 9.17) is 4.74 Å². The van der Waals surface area contributed by atoms with Crippen LogP contribution in [0.3, 0.4) is 0 Å². The van der Waals surface area contributed by atoms with E-state index in [0.29, 0.717) is 31.2 Å². The Labute approximate surface area is 134 Å². The van der Waals surface area contributed by atoms with Gasteiger partial charge in [0.2, 0.25) is 0 Å². The van der Waals surface area contributed by atoms with Crippen molar-refractivity contribution in [1.82, 2.24) is 14.9 Å². The van der Waals surface area contributed by atoms with Crippen molar-refractivity contribution < 1.29 is 9.53 Å². The number of hydrogen-bond acceptors (Lipinski definition) is 5. The fourth-order valence-electron chi connectivity index (χ4n) is 2.58. The van der Waals surface area contributed by atoms with Crippen molar-refractivity contribution in [2.75, 3.05) is 26.3 Å². The molecule has 6 heteroatoms. The standard InChI is InChI=1S/C16H19N3O2S/c1-12-2-3-14(18-7-12)6-13-9-19(4-5-21-10-13)16(20)15-8-17-11-22-15/h2-3,7-8,11,13H,4-6,9-10H2,1H3. The van der Waals surface area contributed by atoms with E-state index in [1.54, 1.807) is 11.7 Å². The second kappa shape index (κ2) is 6.98. The van der Waals surface area contributed by atoms with Gasteiger partial charge < -0.3 is 9.64 Å². The maximum Gasteiger partial charge on any atom is 0.265 e. The van der Waals surface area contributed by atoms with Crippen molar-refractivity contribution >= 4 is 17.2 Å². The van der Waals surface area contributed by atoms with Crippen LogP contribution in [0.5, 0.6) is 0 Å². The van der Waals surface area contributed by atoms with Crippen LogP contribution in [0.25, 0.3) is 0 Å². The van der Waals surface area contributed by atoms with Crippen molar-refractivity contribution in [3.63, 3.8) is 0 Å². The Morgan fingerprint density at radius 1 is 1.45 bits per heavy atom. The first kappa shape index (κ1) is 15.1. The third kappa shape index (κ3) is 3.69. The molecule has 5 nitrogen and oxygen atoms in total. The van der Waals surface area contributed by atoms with Gasteiger partial charge in [0.1, 0.15) is 4.88 Å². The third-order valence-corrected chi connectivity index (χ3v) is 4.50. The molecule has 1 atom stereocenters. The molecule has 1 unspecified atom stereocenters. The Hall–Kier alpha value is -1.79. The second-order valence-corrected chi connectivity index (χ2v) is 6.48. The third-order valence-electron chi connectivity index (χ3n) is 3.74. The van der Waals surface area contributed by atoms with Gasteiger partial charge in [-0.2, -0.15) is 0 Å². The summed E-state index contributed by atoms with van der Waals surface area (Å²) in [5.41, 5.74) is 3.89. The zero-order valence-corrected chi connectivity index (χ0v) is 13.4. The van der Waals surface area contributed by atoms with E-state index in [0.717, 1.165) is 17.7 Å². The molecule has 1 fully saturated rings. The van der Waals surface area contributed by atoms with Crippen LogP contribution < -0.4 is 0 Å². The van der Waals surface area contributed by atoms with Crippen molar-refractivity contribution in [3.05, 3.63) is 46.2 Å². The van der Waals surface area contributed by atoms with Crippen LogP contribution in [-0.4, -0.2) is 47.1 Å². The minimum absolute atomic E-state index is 0.0508. The zero-order valence-electron chi connectivity index (χ0n) is 12.6. The zero-order chi connectivity index (χ0) is 15.4. The summed E-state index contributed by atoms with van der Waals surface area (Å²) >= 11 is 1.38. The van der Waals surface area contributed by atoms with Gasteiger partial charge >= 0.3 is 0 Å². The molecule has 0 bridgehead atoms. The number of hydrogen-bond donors (Lipinski definition) is 0. The molecule has 1 aliphatic rings. The van der Waals surface area contributed by atoms with E-state index in [1.165, 1.54) is 11.3 Å². The molecule has 116 valence electrons. The molecule has 0 aliphatic carbocycles. The molecule has 0 N–H and O–H groups in total. The average Bonchev–Trinajstić information content (AvgIpc) is 2.96. The van der Waals surface area contributed by atoms with Gasteiger partial charge in [0.15, 0.2) is 0 Å². The summed E-state index contributed by atoms with van der Waals surface area (Å²) in [6.45, 7) is 4.62. The van der Waals surface area contributed by atoms with Gasteiger partial charge in [0.25, 0.3) is 5.91 Å². The van der Waals surface area contributed by atoms with Crippen LogP contribution in [0.2, 0.25) is 0 Å². The number of carbonyl (C=O) groups excluding carboxylic acids is 1. The number of aromatic nitrogens is 2. The molecule has 0 aromatic carbocycles. The minimum Gasteiger partial charge on any atom is -0.379 e. The van der Waals surface area contributed by atoms with Crippen LogP contribution >= 0.6 is 11.3 Å². The number of pyridine rings is 1. The highest BCUT2D eigenvalue weighted by atomic mass is 32.1. The average molecular weight is 317 g/mol. The summed E-state index contributed by atoms with van der Waals surface area (Å²) in [5, 5.41) is 0. The lowest BCUT2D eigenvalue weighted by molar-refractivity contribution is 0.0742. The van der Waals surface area contributed by atoms with E-state index in [1.807, 2.05) is 18.0 Å².